The predicted molar refractivity (Wildman–Crippen MR) is 56.1 cm³/mol. The number of nitrogens with one attached hydrogen (secondary N) is 2. The van der Waals surface area contributed by atoms with Gasteiger partial charge in [0.05, 0.1) is 0 Å². The van der Waals surface area contributed by atoms with Crippen LogP contribution in [0, 0.1) is 0 Å². The van der Waals surface area contributed by atoms with Gasteiger partial charge in [-0.3, -0.25) is 4.79 Å². The van der Waals surface area contributed by atoms with E-state index in [1.54, 1.807) is 6.07 Å². The molecular formula is C9H13N5O. The molecule has 1 aliphatic rings. The van der Waals surface area contributed by atoms with Crippen LogP contribution in [0.25, 0.3) is 0 Å². The van der Waals surface area contributed by atoms with E-state index in [0.717, 1.165) is 19.4 Å². The van der Waals surface area contributed by atoms with E-state index < -0.39 is 0 Å². The van der Waals surface area contributed by atoms with Crippen molar-refractivity contribution in [2.45, 2.75) is 18.9 Å². The second kappa shape index (κ2) is 4.12. The zero-order valence-electron chi connectivity index (χ0n) is 8.23. The zero-order valence-corrected chi connectivity index (χ0v) is 8.23. The third-order valence-electron chi connectivity index (χ3n) is 2.30. The molecule has 0 saturated carbocycles. The van der Waals surface area contributed by atoms with Gasteiger partial charge in [0.2, 0.25) is 5.91 Å². The Morgan fingerprint density at radius 2 is 2.40 bits per heavy atom. The first-order valence-electron chi connectivity index (χ1n) is 4.87. The Bertz CT molecular complexity index is 367. The Morgan fingerprint density at radius 3 is 3.13 bits per heavy atom. The molecule has 2 rings (SSSR count). The van der Waals surface area contributed by atoms with Crippen LogP contribution in [-0.2, 0) is 4.79 Å². The molecule has 1 aliphatic heterocycles. The summed E-state index contributed by atoms with van der Waals surface area (Å²) >= 11 is 0. The minimum Gasteiger partial charge on any atom is -0.384 e. The minimum atomic E-state index is -0.215. The average Bonchev–Trinajstić information content (AvgIpc) is 2.22. The summed E-state index contributed by atoms with van der Waals surface area (Å²) in [5, 5.41) is 5.82. The number of hydrogen-bond donors (Lipinski definition) is 3. The number of anilines is 2. The number of amides is 1. The number of rotatable bonds is 2. The second-order valence-corrected chi connectivity index (χ2v) is 3.46. The molecule has 1 atom stereocenters. The van der Waals surface area contributed by atoms with Crippen molar-refractivity contribution in [3.8, 4) is 0 Å². The summed E-state index contributed by atoms with van der Waals surface area (Å²) in [7, 11) is 0. The molecule has 1 fully saturated rings. The Kier molecular flexibility index (Phi) is 2.66. The molecule has 6 heteroatoms. The van der Waals surface area contributed by atoms with E-state index >= 15 is 0 Å². The smallest absolute Gasteiger partial charge is 0.242 e. The third-order valence-corrected chi connectivity index (χ3v) is 2.30. The van der Waals surface area contributed by atoms with Gasteiger partial charge in [-0.2, -0.15) is 0 Å². The first-order chi connectivity index (χ1) is 7.25. The van der Waals surface area contributed by atoms with Gasteiger partial charge in [0, 0.05) is 12.6 Å². The minimum absolute atomic E-state index is 0.0124. The highest BCUT2D eigenvalue weighted by molar-refractivity contribution is 5.85. The van der Waals surface area contributed by atoms with Crippen LogP contribution in [0.1, 0.15) is 12.8 Å². The molecule has 1 aromatic heterocycles. The van der Waals surface area contributed by atoms with Crippen molar-refractivity contribution in [2.24, 2.45) is 0 Å². The van der Waals surface area contributed by atoms with Crippen LogP contribution < -0.4 is 16.4 Å². The maximum Gasteiger partial charge on any atom is 0.242 e. The quantitative estimate of drug-likeness (QED) is 0.621. The summed E-state index contributed by atoms with van der Waals surface area (Å²) in [4.78, 5) is 19.2. The number of carbonyl (C=O) groups is 1. The van der Waals surface area contributed by atoms with E-state index in [1.807, 2.05) is 0 Å². The molecule has 0 spiro atoms. The van der Waals surface area contributed by atoms with Crippen molar-refractivity contribution in [1.29, 1.82) is 0 Å². The molecule has 1 aromatic rings. The first kappa shape index (κ1) is 9.70. The first-order valence-corrected chi connectivity index (χ1v) is 4.87. The molecular weight excluding hydrogens is 194 g/mol. The van der Waals surface area contributed by atoms with Gasteiger partial charge in [-0.1, -0.05) is 0 Å². The van der Waals surface area contributed by atoms with Gasteiger partial charge in [-0.05, 0) is 12.8 Å². The topological polar surface area (TPSA) is 92.9 Å². The summed E-state index contributed by atoms with van der Waals surface area (Å²) in [5.74, 6) is 0.992. The van der Waals surface area contributed by atoms with Crippen LogP contribution in [-0.4, -0.2) is 28.5 Å². The molecule has 0 radical (unpaired) electrons. The van der Waals surface area contributed by atoms with Gasteiger partial charge in [0.1, 0.15) is 24.0 Å². The molecule has 80 valence electrons. The normalized spacial score (nSPS) is 20.8. The van der Waals surface area contributed by atoms with Gasteiger partial charge in [-0.15, -0.1) is 0 Å². The van der Waals surface area contributed by atoms with Gasteiger partial charge in [0.25, 0.3) is 0 Å². The van der Waals surface area contributed by atoms with E-state index in [9.17, 15) is 4.79 Å². The summed E-state index contributed by atoms with van der Waals surface area (Å²) in [5.41, 5.74) is 5.51. The van der Waals surface area contributed by atoms with Crippen molar-refractivity contribution >= 4 is 17.5 Å². The number of nitrogens with zero attached hydrogens (tertiary/aromatic N) is 2. The van der Waals surface area contributed by atoms with E-state index in [2.05, 4.69) is 20.6 Å². The maximum atomic E-state index is 11.4. The Balaban J connectivity index is 2.04. The molecule has 0 aliphatic carbocycles. The van der Waals surface area contributed by atoms with Crippen LogP contribution in [0.2, 0.25) is 0 Å². The van der Waals surface area contributed by atoms with Crippen LogP contribution in [0.5, 0.6) is 0 Å². The molecule has 6 nitrogen and oxygen atoms in total. The fourth-order valence-electron chi connectivity index (χ4n) is 1.54. The van der Waals surface area contributed by atoms with Gasteiger partial charge in [0.15, 0.2) is 0 Å². The highest BCUT2D eigenvalue weighted by Gasteiger charge is 2.21. The highest BCUT2D eigenvalue weighted by atomic mass is 16.2. The maximum absolute atomic E-state index is 11.4. The van der Waals surface area contributed by atoms with Crippen LogP contribution in [0.4, 0.5) is 11.6 Å². The van der Waals surface area contributed by atoms with Crippen LogP contribution in [0.3, 0.4) is 0 Å². The molecule has 4 N–H and O–H groups in total. The van der Waals surface area contributed by atoms with Crippen molar-refractivity contribution in [2.75, 3.05) is 17.6 Å². The molecule has 2 heterocycles. The molecule has 1 amide bonds. The number of nitrogen functional groups attached to an aromatic ring is 1. The number of hydrogen-bond acceptors (Lipinski definition) is 5. The van der Waals surface area contributed by atoms with Crippen LogP contribution in [0.15, 0.2) is 12.4 Å². The number of carbonyl (C=O) groups excluding carboxylic acids is 1. The predicted octanol–water partition coefficient (Wildman–Crippen LogP) is -0.251. The number of aromatic nitrogens is 2. The Hall–Kier alpha value is -1.85. The lowest BCUT2D eigenvalue weighted by Gasteiger charge is -2.23. The fraction of sp³-hybridized carbons (Fsp3) is 0.444. The van der Waals surface area contributed by atoms with E-state index in [-0.39, 0.29) is 11.9 Å². The largest absolute Gasteiger partial charge is 0.384 e. The van der Waals surface area contributed by atoms with Crippen molar-refractivity contribution < 1.29 is 4.79 Å². The second-order valence-electron chi connectivity index (χ2n) is 3.46. The highest BCUT2D eigenvalue weighted by Crippen LogP contribution is 2.11. The number of nitrogens with two attached hydrogens (primary N) is 1. The standard InChI is InChI=1S/C9H13N5O/c10-7-4-8(13-5-12-7)14-6-2-1-3-11-9(6)15/h4-6H,1-3H2,(H,11,15)(H3,10,12,13,14). The van der Waals surface area contributed by atoms with E-state index in [1.165, 1.54) is 6.33 Å². The van der Waals surface area contributed by atoms with E-state index in [0.29, 0.717) is 11.6 Å². The van der Waals surface area contributed by atoms with Gasteiger partial charge in [-0.25, -0.2) is 9.97 Å². The fourth-order valence-corrected chi connectivity index (χ4v) is 1.54. The lowest BCUT2D eigenvalue weighted by Crippen LogP contribution is -2.44. The average molecular weight is 207 g/mol. The summed E-state index contributed by atoms with van der Waals surface area (Å²) in [6.45, 7) is 0.753. The summed E-state index contributed by atoms with van der Waals surface area (Å²) in [6.07, 6.45) is 3.16. The monoisotopic (exact) mass is 207 g/mol. The Labute approximate surface area is 87.3 Å². The molecule has 1 saturated heterocycles. The molecule has 15 heavy (non-hydrogen) atoms. The Morgan fingerprint density at radius 1 is 1.53 bits per heavy atom. The van der Waals surface area contributed by atoms with Crippen molar-refractivity contribution in [1.82, 2.24) is 15.3 Å². The van der Waals surface area contributed by atoms with E-state index in [4.69, 9.17) is 5.73 Å². The van der Waals surface area contributed by atoms with Gasteiger partial charge < -0.3 is 16.4 Å². The molecule has 1 unspecified atom stereocenters. The van der Waals surface area contributed by atoms with Gasteiger partial charge >= 0.3 is 0 Å². The summed E-state index contributed by atoms with van der Waals surface area (Å²) < 4.78 is 0. The lowest BCUT2D eigenvalue weighted by atomic mass is 10.1. The summed E-state index contributed by atoms with van der Waals surface area (Å²) in [6, 6.07) is 1.40. The molecule has 0 aromatic carbocycles. The lowest BCUT2D eigenvalue weighted by molar-refractivity contribution is -0.123. The molecule has 0 bridgehead atoms. The zero-order chi connectivity index (χ0) is 10.7. The van der Waals surface area contributed by atoms with Crippen LogP contribution >= 0.6 is 0 Å². The third kappa shape index (κ3) is 2.34. The van der Waals surface area contributed by atoms with Crippen molar-refractivity contribution in [3.63, 3.8) is 0 Å². The number of piperidine rings is 1. The van der Waals surface area contributed by atoms with Crippen molar-refractivity contribution in [3.05, 3.63) is 12.4 Å². The SMILES string of the molecule is Nc1cc(NC2CCCNC2=O)ncn1.